The predicted molar refractivity (Wildman–Crippen MR) is 83.8 cm³/mol. The zero-order valence-electron chi connectivity index (χ0n) is 14.4. The third-order valence-corrected chi connectivity index (χ3v) is 3.81. The van der Waals surface area contributed by atoms with E-state index in [0.29, 0.717) is 26.4 Å². The van der Waals surface area contributed by atoms with Gasteiger partial charge in [0.25, 0.3) is 0 Å². The fourth-order valence-corrected chi connectivity index (χ4v) is 2.23. The maximum absolute atomic E-state index is 11.5. The molecule has 0 N–H and O–H groups in total. The van der Waals surface area contributed by atoms with E-state index in [-0.39, 0.29) is 5.92 Å². The van der Waals surface area contributed by atoms with E-state index in [0.717, 1.165) is 32.5 Å². The minimum absolute atomic E-state index is 0.267. The highest BCUT2D eigenvalue weighted by atomic mass is 16.7. The first-order valence-corrected chi connectivity index (χ1v) is 8.26. The fraction of sp³-hybridized carbons (Fsp3) is 0.938. The van der Waals surface area contributed by atoms with E-state index >= 15 is 0 Å². The Balaban J connectivity index is 2.00. The monoisotopic (exact) mass is 317 g/mol. The van der Waals surface area contributed by atoms with Gasteiger partial charge in [-0.2, -0.15) is 0 Å². The predicted octanol–water partition coefficient (Wildman–Crippen LogP) is 2.66. The van der Waals surface area contributed by atoms with Crippen molar-refractivity contribution in [1.82, 2.24) is 4.90 Å². The third kappa shape index (κ3) is 7.96. The molecule has 1 heterocycles. The minimum atomic E-state index is -0.586. The topological polar surface area (TPSA) is 57.2 Å². The van der Waals surface area contributed by atoms with E-state index in [1.807, 2.05) is 13.8 Å². The van der Waals surface area contributed by atoms with Crippen LogP contribution in [0.2, 0.25) is 0 Å². The molecule has 1 rings (SSSR count). The maximum Gasteiger partial charge on any atom is 0.508 e. The third-order valence-electron chi connectivity index (χ3n) is 3.81. The van der Waals surface area contributed by atoms with Crippen molar-refractivity contribution in [3.8, 4) is 0 Å². The lowest BCUT2D eigenvalue weighted by atomic mass is 10.1. The van der Waals surface area contributed by atoms with E-state index in [2.05, 4.69) is 18.7 Å². The number of hydrogen-bond acceptors (Lipinski definition) is 6. The summed E-state index contributed by atoms with van der Waals surface area (Å²) in [6.45, 7) is 13.0. The molecule has 1 saturated heterocycles. The zero-order chi connectivity index (χ0) is 16.4. The van der Waals surface area contributed by atoms with Crippen molar-refractivity contribution >= 4 is 6.16 Å². The maximum atomic E-state index is 11.5. The summed E-state index contributed by atoms with van der Waals surface area (Å²) < 4.78 is 21.2. The van der Waals surface area contributed by atoms with Gasteiger partial charge < -0.3 is 23.8 Å². The molecule has 1 fully saturated rings. The summed E-state index contributed by atoms with van der Waals surface area (Å²) in [4.78, 5) is 13.7. The van der Waals surface area contributed by atoms with Crippen LogP contribution in [-0.4, -0.2) is 62.9 Å². The molecule has 0 saturated carbocycles. The molecular formula is C16H31NO5. The zero-order valence-corrected chi connectivity index (χ0v) is 14.4. The number of ether oxygens (including phenoxy) is 4. The molecule has 0 spiro atoms. The van der Waals surface area contributed by atoms with Gasteiger partial charge >= 0.3 is 6.16 Å². The van der Waals surface area contributed by atoms with Crippen molar-refractivity contribution in [3.05, 3.63) is 0 Å². The van der Waals surface area contributed by atoms with Crippen molar-refractivity contribution in [2.75, 3.05) is 46.1 Å². The summed E-state index contributed by atoms with van der Waals surface area (Å²) in [6, 6.07) is 0. The molecule has 1 aliphatic rings. The largest absolute Gasteiger partial charge is 0.508 e. The molecule has 1 aliphatic heterocycles. The van der Waals surface area contributed by atoms with Crippen molar-refractivity contribution in [2.45, 2.75) is 46.3 Å². The van der Waals surface area contributed by atoms with Gasteiger partial charge in [-0.3, -0.25) is 0 Å². The van der Waals surface area contributed by atoms with Crippen LogP contribution in [0.1, 0.15) is 40.5 Å². The Labute approximate surface area is 134 Å². The van der Waals surface area contributed by atoms with Gasteiger partial charge in [-0.15, -0.1) is 0 Å². The lowest BCUT2D eigenvalue weighted by molar-refractivity contribution is -0.263. The van der Waals surface area contributed by atoms with E-state index in [1.54, 1.807) is 0 Å². The summed E-state index contributed by atoms with van der Waals surface area (Å²) in [7, 11) is 0. The summed E-state index contributed by atoms with van der Waals surface area (Å²) in [5.41, 5.74) is 0. The Morgan fingerprint density at radius 2 is 1.73 bits per heavy atom. The summed E-state index contributed by atoms with van der Waals surface area (Å²) in [5, 5.41) is 0. The first-order chi connectivity index (χ1) is 10.5. The highest BCUT2D eigenvalue weighted by Crippen LogP contribution is 2.22. The molecule has 0 bridgehead atoms. The molecule has 0 aromatic carbocycles. The van der Waals surface area contributed by atoms with Crippen LogP contribution in [-0.2, 0) is 18.9 Å². The molecule has 6 heteroatoms. The molecule has 6 nitrogen and oxygen atoms in total. The second-order valence-corrected chi connectivity index (χ2v) is 6.00. The first kappa shape index (κ1) is 19.2. The second-order valence-electron chi connectivity index (χ2n) is 6.00. The van der Waals surface area contributed by atoms with E-state index in [1.165, 1.54) is 0 Å². The number of nitrogens with zero attached hydrogens (tertiary/aromatic N) is 1. The lowest BCUT2D eigenvalue weighted by Crippen LogP contribution is -2.39. The van der Waals surface area contributed by atoms with Crippen molar-refractivity contribution in [3.63, 3.8) is 0 Å². The Morgan fingerprint density at radius 1 is 1.14 bits per heavy atom. The Morgan fingerprint density at radius 3 is 2.32 bits per heavy atom. The Kier molecular flexibility index (Phi) is 8.75. The van der Waals surface area contributed by atoms with Crippen molar-refractivity contribution in [2.24, 2.45) is 5.92 Å². The van der Waals surface area contributed by atoms with Gasteiger partial charge in [0.15, 0.2) is 5.79 Å². The standard InChI is InChI=1S/C16H31NO5/c1-5-17(6-2)9-7-10-19-15(18)20-11-8-14-12-21-16(3,4)22-13-14/h14H,5-13H2,1-4H3. The van der Waals surface area contributed by atoms with Crippen LogP contribution in [0, 0.1) is 5.92 Å². The summed E-state index contributed by atoms with van der Waals surface area (Å²) in [5.74, 6) is -0.232. The van der Waals surface area contributed by atoms with Gasteiger partial charge in [-0.05, 0) is 39.8 Å². The quantitative estimate of drug-likeness (QED) is 0.481. The Bertz CT molecular complexity index is 308. The molecule has 0 aromatic rings. The van der Waals surface area contributed by atoms with Crippen LogP contribution in [0.15, 0.2) is 0 Å². The molecule has 0 aliphatic carbocycles. The normalized spacial score (nSPS) is 18.4. The fourth-order valence-electron chi connectivity index (χ4n) is 2.23. The average Bonchev–Trinajstić information content (AvgIpc) is 2.49. The molecule has 0 atom stereocenters. The molecule has 22 heavy (non-hydrogen) atoms. The van der Waals surface area contributed by atoms with Crippen molar-refractivity contribution in [1.29, 1.82) is 0 Å². The first-order valence-electron chi connectivity index (χ1n) is 8.26. The van der Waals surface area contributed by atoms with Crippen molar-refractivity contribution < 1.29 is 23.7 Å². The second kappa shape index (κ2) is 10.0. The van der Waals surface area contributed by atoms with Crippen LogP contribution >= 0.6 is 0 Å². The number of hydrogen-bond donors (Lipinski definition) is 0. The van der Waals surface area contributed by atoms with Gasteiger partial charge in [-0.1, -0.05) is 13.8 Å². The summed E-state index contributed by atoms with van der Waals surface area (Å²) >= 11 is 0. The number of rotatable bonds is 9. The number of carbonyl (C=O) groups is 1. The van der Waals surface area contributed by atoms with Crippen LogP contribution in [0.5, 0.6) is 0 Å². The molecule has 0 unspecified atom stereocenters. The van der Waals surface area contributed by atoms with Crippen LogP contribution in [0.25, 0.3) is 0 Å². The van der Waals surface area contributed by atoms with Crippen LogP contribution in [0.4, 0.5) is 4.79 Å². The van der Waals surface area contributed by atoms with Crippen LogP contribution < -0.4 is 0 Å². The smallest absolute Gasteiger partial charge is 0.434 e. The van der Waals surface area contributed by atoms with Gasteiger partial charge in [0.2, 0.25) is 0 Å². The molecule has 130 valence electrons. The highest BCUT2D eigenvalue weighted by molar-refractivity contribution is 5.59. The Hall–Kier alpha value is -0.850. The minimum Gasteiger partial charge on any atom is -0.434 e. The average molecular weight is 317 g/mol. The van der Waals surface area contributed by atoms with Gasteiger partial charge in [0.05, 0.1) is 26.4 Å². The molecule has 0 radical (unpaired) electrons. The van der Waals surface area contributed by atoms with E-state index in [9.17, 15) is 4.79 Å². The molecule has 0 aromatic heterocycles. The van der Waals surface area contributed by atoms with Gasteiger partial charge in [0.1, 0.15) is 0 Å². The SMILES string of the molecule is CCN(CC)CCCOC(=O)OCCC1COC(C)(C)OC1. The molecular weight excluding hydrogens is 286 g/mol. The highest BCUT2D eigenvalue weighted by Gasteiger charge is 2.28. The lowest BCUT2D eigenvalue weighted by Gasteiger charge is -2.34. The molecule has 0 amide bonds. The van der Waals surface area contributed by atoms with Gasteiger partial charge in [0, 0.05) is 12.5 Å². The van der Waals surface area contributed by atoms with Gasteiger partial charge in [-0.25, -0.2) is 4.79 Å². The van der Waals surface area contributed by atoms with E-state index < -0.39 is 11.9 Å². The van der Waals surface area contributed by atoms with E-state index in [4.69, 9.17) is 18.9 Å². The number of carbonyl (C=O) groups excluding carboxylic acids is 1. The summed E-state index contributed by atoms with van der Waals surface area (Å²) in [6.07, 6.45) is 0.971. The van der Waals surface area contributed by atoms with Crippen LogP contribution in [0.3, 0.4) is 0 Å².